The van der Waals surface area contributed by atoms with Gasteiger partial charge in [0.05, 0.1) is 30.2 Å². The number of aliphatic imine (C=N–C) groups is 1. The minimum absolute atomic E-state index is 0.0227. The van der Waals surface area contributed by atoms with Crippen molar-refractivity contribution in [1.82, 2.24) is 20.1 Å². The normalized spacial score (nSPS) is 24.7. The van der Waals surface area contributed by atoms with Gasteiger partial charge in [-0.2, -0.15) is 0 Å². The minimum Gasteiger partial charge on any atom is -0.463 e. The molecule has 0 saturated carbocycles. The number of carbonyl (C=O) groups excluding carboxylic acids is 2. The summed E-state index contributed by atoms with van der Waals surface area (Å²) in [5.41, 5.74) is -0.0369. The summed E-state index contributed by atoms with van der Waals surface area (Å²) in [6.45, 7) is 13.7. The Balaban J connectivity index is 1.43. The number of halogens is 1. The summed E-state index contributed by atoms with van der Waals surface area (Å²) < 4.78 is 26.4. The van der Waals surface area contributed by atoms with Gasteiger partial charge in [0.25, 0.3) is 0 Å². The van der Waals surface area contributed by atoms with Crippen molar-refractivity contribution in [2.45, 2.75) is 78.2 Å². The molecule has 2 fully saturated rings. The van der Waals surface area contributed by atoms with Gasteiger partial charge in [-0.15, -0.1) is 11.3 Å². The van der Waals surface area contributed by atoms with Crippen LogP contribution in [0, 0.1) is 5.41 Å². The summed E-state index contributed by atoms with van der Waals surface area (Å²) in [4.78, 5) is 38.6. The van der Waals surface area contributed by atoms with E-state index in [2.05, 4.69) is 25.1 Å². The molecule has 1 N–H and O–H groups in total. The average Bonchev–Trinajstić information content (AvgIpc) is 3.57. The van der Waals surface area contributed by atoms with Crippen molar-refractivity contribution in [2.24, 2.45) is 10.4 Å². The first-order valence-electron chi connectivity index (χ1n) is 13.4. The van der Waals surface area contributed by atoms with Crippen molar-refractivity contribution >= 4 is 29.1 Å². The Morgan fingerprint density at radius 3 is 2.66 bits per heavy atom. The fourth-order valence-corrected chi connectivity index (χ4v) is 5.90. The quantitative estimate of drug-likeness (QED) is 0.470. The molecule has 3 atom stereocenters. The second-order valence-corrected chi connectivity index (χ2v) is 12.7. The Hall–Kier alpha value is -2.37. The first-order valence-corrected chi connectivity index (χ1v) is 14.2. The number of rotatable bonds is 9. The monoisotopic (exact) mass is 549 g/mol. The van der Waals surface area contributed by atoms with Gasteiger partial charge in [0.15, 0.2) is 10.8 Å². The lowest BCUT2D eigenvalue weighted by Crippen LogP contribution is -2.43. The Morgan fingerprint density at radius 2 is 2.00 bits per heavy atom. The van der Waals surface area contributed by atoms with Gasteiger partial charge in [-0.25, -0.2) is 14.2 Å². The molecule has 0 radical (unpaired) electrons. The number of fused-ring (bicyclic) bond motifs is 1. The van der Waals surface area contributed by atoms with E-state index < -0.39 is 23.2 Å². The number of aromatic nitrogens is 1. The van der Waals surface area contributed by atoms with E-state index in [9.17, 15) is 9.59 Å². The van der Waals surface area contributed by atoms with Gasteiger partial charge in [-0.1, -0.05) is 0 Å². The highest BCUT2D eigenvalue weighted by atomic mass is 32.1. The summed E-state index contributed by atoms with van der Waals surface area (Å²) in [6.07, 6.45) is 2.11. The maximum absolute atomic E-state index is 15.5. The van der Waals surface area contributed by atoms with Crippen molar-refractivity contribution in [3.05, 3.63) is 27.9 Å². The van der Waals surface area contributed by atoms with Gasteiger partial charge < -0.3 is 14.8 Å². The van der Waals surface area contributed by atoms with Crippen LogP contribution in [-0.2, 0) is 19.1 Å². The lowest BCUT2D eigenvalue weighted by molar-refractivity contribution is -0.166. The summed E-state index contributed by atoms with van der Waals surface area (Å²) in [7, 11) is 0. The molecule has 11 heteroatoms. The number of ether oxygens (including phenoxy) is 2. The smallest absolute Gasteiger partial charge is 0.337 e. The molecule has 3 aliphatic heterocycles. The first-order chi connectivity index (χ1) is 17.9. The molecular formula is C27H40FN5O4S. The molecular weight excluding hydrogens is 509 g/mol. The number of likely N-dealkylation sites (tertiary alicyclic amines) is 2. The second-order valence-electron chi connectivity index (χ2n) is 11.8. The molecule has 0 amide bonds. The fourth-order valence-electron chi connectivity index (χ4n) is 5.30. The summed E-state index contributed by atoms with van der Waals surface area (Å²) in [5.74, 6) is -0.0139. The number of nitrogens with one attached hydrogen (secondary N) is 1. The molecule has 3 aliphatic rings. The molecule has 4 heterocycles. The molecule has 0 aromatic carbocycles. The standard InChI is InChI=1S/C27H40FN5O4S/c1-7-36-24(34)17-14-30-22(23-29-10-13-38-23)31-19(17)16-33-15-18(28)21-20(33)8-11-32(21)12-9-27(5,6)25(35)37-26(2,3)4/h10,13,18,20-21H,7-9,11-12,14-16H2,1-6H3,(H,30,31). The molecule has 2 saturated heterocycles. The van der Waals surface area contributed by atoms with Gasteiger partial charge in [0.2, 0.25) is 0 Å². The Morgan fingerprint density at radius 1 is 1.24 bits per heavy atom. The van der Waals surface area contributed by atoms with Gasteiger partial charge >= 0.3 is 11.9 Å². The van der Waals surface area contributed by atoms with E-state index in [-0.39, 0.29) is 37.7 Å². The van der Waals surface area contributed by atoms with Crippen LogP contribution in [0.2, 0.25) is 0 Å². The third-order valence-electron chi connectivity index (χ3n) is 7.30. The van der Waals surface area contributed by atoms with Crippen molar-refractivity contribution in [2.75, 3.05) is 39.3 Å². The van der Waals surface area contributed by atoms with Crippen LogP contribution in [0.3, 0.4) is 0 Å². The van der Waals surface area contributed by atoms with Crippen LogP contribution in [0.15, 0.2) is 27.8 Å². The van der Waals surface area contributed by atoms with Crippen molar-refractivity contribution < 1.29 is 23.5 Å². The Kier molecular flexibility index (Phi) is 8.59. The highest BCUT2D eigenvalue weighted by Gasteiger charge is 2.49. The van der Waals surface area contributed by atoms with E-state index in [1.165, 1.54) is 11.3 Å². The number of hydrogen-bond donors (Lipinski definition) is 1. The Bertz CT molecular complexity index is 1080. The van der Waals surface area contributed by atoms with E-state index in [1.54, 1.807) is 13.1 Å². The van der Waals surface area contributed by atoms with Crippen LogP contribution in [0.25, 0.3) is 0 Å². The number of thiazole rings is 1. The molecule has 1 aromatic rings. The minimum atomic E-state index is -1.02. The van der Waals surface area contributed by atoms with Crippen LogP contribution in [0.5, 0.6) is 0 Å². The van der Waals surface area contributed by atoms with Crippen molar-refractivity contribution in [3.63, 3.8) is 0 Å². The van der Waals surface area contributed by atoms with Gasteiger partial charge in [0, 0.05) is 43.0 Å². The van der Waals surface area contributed by atoms with E-state index in [4.69, 9.17) is 9.47 Å². The fraction of sp³-hybridized carbons (Fsp3) is 0.704. The van der Waals surface area contributed by atoms with E-state index in [0.717, 1.165) is 18.0 Å². The second kappa shape index (κ2) is 11.4. The number of carbonyl (C=O) groups is 2. The average molecular weight is 550 g/mol. The zero-order valence-electron chi connectivity index (χ0n) is 23.3. The lowest BCUT2D eigenvalue weighted by Gasteiger charge is -2.32. The summed E-state index contributed by atoms with van der Waals surface area (Å²) in [5, 5.41) is 5.92. The number of alkyl halides is 1. The van der Waals surface area contributed by atoms with Gasteiger partial charge in [-0.3, -0.25) is 19.6 Å². The Labute approximate surface area is 228 Å². The van der Waals surface area contributed by atoms with Crippen LogP contribution < -0.4 is 5.32 Å². The predicted molar refractivity (Wildman–Crippen MR) is 145 cm³/mol. The zero-order valence-corrected chi connectivity index (χ0v) is 24.1. The summed E-state index contributed by atoms with van der Waals surface area (Å²) >= 11 is 1.47. The lowest BCUT2D eigenvalue weighted by atomic mass is 9.88. The molecule has 38 heavy (non-hydrogen) atoms. The third-order valence-corrected chi connectivity index (χ3v) is 8.08. The largest absolute Gasteiger partial charge is 0.463 e. The van der Waals surface area contributed by atoms with Crippen LogP contribution in [-0.4, -0.2) is 95.7 Å². The third kappa shape index (κ3) is 6.43. The van der Waals surface area contributed by atoms with Crippen molar-refractivity contribution in [1.29, 1.82) is 0 Å². The molecule has 3 unspecified atom stereocenters. The zero-order chi connectivity index (χ0) is 27.7. The maximum Gasteiger partial charge on any atom is 0.337 e. The highest BCUT2D eigenvalue weighted by Crippen LogP contribution is 2.36. The van der Waals surface area contributed by atoms with Gasteiger partial charge in [0.1, 0.15) is 11.8 Å². The number of esters is 2. The molecule has 9 nitrogen and oxygen atoms in total. The molecule has 0 bridgehead atoms. The van der Waals surface area contributed by atoms with Crippen LogP contribution >= 0.6 is 11.3 Å². The predicted octanol–water partition coefficient (Wildman–Crippen LogP) is 3.16. The molecule has 0 spiro atoms. The van der Waals surface area contributed by atoms with Crippen molar-refractivity contribution in [3.8, 4) is 0 Å². The summed E-state index contributed by atoms with van der Waals surface area (Å²) in [6, 6.07) is -0.221. The first kappa shape index (κ1) is 28.6. The number of amidine groups is 1. The van der Waals surface area contributed by atoms with Crippen LogP contribution in [0.4, 0.5) is 4.39 Å². The number of hydrogen-bond acceptors (Lipinski definition) is 10. The van der Waals surface area contributed by atoms with E-state index in [1.807, 2.05) is 40.0 Å². The topological polar surface area (TPSA) is 96.4 Å². The van der Waals surface area contributed by atoms with Gasteiger partial charge in [-0.05, 0) is 60.9 Å². The molecule has 4 rings (SSSR count). The van der Waals surface area contributed by atoms with Crippen LogP contribution in [0.1, 0.15) is 59.4 Å². The molecule has 210 valence electrons. The van der Waals surface area contributed by atoms with E-state index >= 15 is 4.39 Å². The molecule has 0 aliphatic carbocycles. The molecule has 1 aromatic heterocycles. The van der Waals surface area contributed by atoms with E-state index in [0.29, 0.717) is 36.6 Å². The maximum atomic E-state index is 15.5. The number of nitrogens with zero attached hydrogens (tertiary/aromatic N) is 4. The SMILES string of the molecule is CCOC(=O)C1=C(CN2CC(F)C3C2CCN3CCC(C)(C)C(=O)OC(C)(C)C)NC(c2nccs2)=NC1. The highest BCUT2D eigenvalue weighted by molar-refractivity contribution is 7.11.